The van der Waals surface area contributed by atoms with E-state index < -0.39 is 0 Å². The van der Waals surface area contributed by atoms with Crippen LogP contribution >= 0.6 is 11.3 Å². The Labute approximate surface area is 110 Å². The molecule has 1 aromatic heterocycles. The zero-order valence-corrected chi connectivity index (χ0v) is 11.0. The fourth-order valence-corrected chi connectivity index (χ4v) is 2.51. The molecule has 0 spiro atoms. The first kappa shape index (κ1) is 12.8. The van der Waals surface area contributed by atoms with E-state index >= 15 is 0 Å². The third kappa shape index (κ3) is 2.96. The van der Waals surface area contributed by atoms with Crippen LogP contribution < -0.4 is 4.74 Å². The van der Waals surface area contributed by atoms with E-state index in [0.717, 1.165) is 22.6 Å². The van der Waals surface area contributed by atoms with Crippen molar-refractivity contribution in [3.8, 4) is 5.75 Å². The highest BCUT2D eigenvalue weighted by molar-refractivity contribution is 7.09. The first-order valence-electron chi connectivity index (χ1n) is 5.90. The molecule has 1 unspecified atom stereocenters. The van der Waals surface area contributed by atoms with Crippen molar-refractivity contribution in [3.05, 3.63) is 46.4 Å². The molecule has 94 valence electrons. The van der Waals surface area contributed by atoms with Gasteiger partial charge < -0.3 is 9.53 Å². The smallest absolute Gasteiger partial charge is 0.130 e. The summed E-state index contributed by atoms with van der Waals surface area (Å²) in [5.74, 6) is 0.662. The van der Waals surface area contributed by atoms with E-state index in [2.05, 4.69) is 4.98 Å². The van der Waals surface area contributed by atoms with Crippen molar-refractivity contribution in [2.24, 2.45) is 0 Å². The summed E-state index contributed by atoms with van der Waals surface area (Å²) in [5, 5.41) is 2.75. The number of aromatic nitrogens is 1. The lowest BCUT2D eigenvalue weighted by atomic mass is 10.0. The number of ether oxygens (including phenoxy) is 1. The first-order chi connectivity index (χ1) is 8.85. The molecule has 1 heterocycles. The largest absolute Gasteiger partial charge is 0.494 e. The van der Waals surface area contributed by atoms with Crippen LogP contribution in [0.4, 0.5) is 0 Å². The Bertz CT molecular complexity index is 496. The van der Waals surface area contributed by atoms with Gasteiger partial charge in [-0.1, -0.05) is 18.2 Å². The Balaban J connectivity index is 2.19. The number of hydrogen-bond acceptors (Lipinski definition) is 4. The number of hydrogen-bond donors (Lipinski definition) is 0. The maximum absolute atomic E-state index is 11.2. The molecule has 0 N–H and O–H groups in total. The van der Waals surface area contributed by atoms with Crippen molar-refractivity contribution >= 4 is 17.6 Å². The quantitative estimate of drug-likeness (QED) is 0.750. The van der Waals surface area contributed by atoms with Crippen LogP contribution in [0.1, 0.15) is 23.4 Å². The molecule has 3 nitrogen and oxygen atoms in total. The van der Waals surface area contributed by atoms with Gasteiger partial charge in [0.25, 0.3) is 0 Å². The van der Waals surface area contributed by atoms with E-state index in [0.29, 0.717) is 13.0 Å². The third-order valence-corrected chi connectivity index (χ3v) is 3.55. The average Bonchev–Trinajstić information content (AvgIpc) is 2.92. The maximum atomic E-state index is 11.2. The van der Waals surface area contributed by atoms with Crippen molar-refractivity contribution in [3.63, 3.8) is 0 Å². The summed E-state index contributed by atoms with van der Waals surface area (Å²) in [6.45, 7) is 2.58. The molecule has 0 radical (unpaired) electrons. The van der Waals surface area contributed by atoms with Gasteiger partial charge in [-0.25, -0.2) is 4.98 Å². The molecule has 0 aliphatic heterocycles. The normalized spacial score (nSPS) is 12.1. The Morgan fingerprint density at radius 3 is 2.94 bits per heavy atom. The number of para-hydroxylation sites is 1. The van der Waals surface area contributed by atoms with Crippen molar-refractivity contribution in [1.82, 2.24) is 4.98 Å². The summed E-state index contributed by atoms with van der Waals surface area (Å²) >= 11 is 1.51. The van der Waals surface area contributed by atoms with Crippen molar-refractivity contribution in [1.29, 1.82) is 0 Å². The highest BCUT2D eigenvalue weighted by Crippen LogP contribution is 2.26. The van der Waals surface area contributed by atoms with Crippen LogP contribution in [0.5, 0.6) is 5.75 Å². The van der Waals surface area contributed by atoms with Crippen LogP contribution in [0.15, 0.2) is 35.8 Å². The molecule has 1 aromatic carbocycles. The monoisotopic (exact) mass is 261 g/mol. The van der Waals surface area contributed by atoms with Gasteiger partial charge in [-0.3, -0.25) is 0 Å². The molecular formula is C14H15NO2S. The Hall–Kier alpha value is -1.68. The molecule has 0 saturated carbocycles. The molecule has 1 atom stereocenters. The predicted octanol–water partition coefficient (Wildman–Crippen LogP) is 3.07. The Morgan fingerprint density at radius 2 is 2.28 bits per heavy atom. The molecule has 0 aliphatic rings. The standard InChI is InChI=1S/C14H15NO2S/c1-2-17-13-6-4-3-5-11(13)9-12(10-16)14-15-7-8-18-14/h3-8,10,12H,2,9H2,1H3. The number of benzene rings is 1. The topological polar surface area (TPSA) is 39.2 Å². The molecule has 0 amide bonds. The highest BCUT2D eigenvalue weighted by atomic mass is 32.1. The fraction of sp³-hybridized carbons (Fsp3) is 0.286. The van der Waals surface area contributed by atoms with Crippen LogP contribution in [-0.2, 0) is 11.2 Å². The predicted molar refractivity (Wildman–Crippen MR) is 72.2 cm³/mol. The van der Waals surface area contributed by atoms with Gasteiger partial charge >= 0.3 is 0 Å². The molecule has 0 saturated heterocycles. The molecule has 4 heteroatoms. The van der Waals surface area contributed by atoms with E-state index in [-0.39, 0.29) is 5.92 Å². The van der Waals surface area contributed by atoms with Gasteiger partial charge in [0.05, 0.1) is 12.5 Å². The Kier molecular flexibility index (Phi) is 4.47. The molecule has 2 rings (SSSR count). The lowest BCUT2D eigenvalue weighted by molar-refractivity contribution is -0.109. The minimum Gasteiger partial charge on any atom is -0.494 e. The van der Waals surface area contributed by atoms with Gasteiger partial charge in [-0.15, -0.1) is 11.3 Å². The van der Waals surface area contributed by atoms with Gasteiger partial charge in [-0.2, -0.15) is 0 Å². The third-order valence-electron chi connectivity index (χ3n) is 2.65. The molecule has 2 aromatic rings. The molecule has 0 aliphatic carbocycles. The van der Waals surface area contributed by atoms with Gasteiger partial charge in [0.1, 0.15) is 17.0 Å². The summed E-state index contributed by atoms with van der Waals surface area (Å²) in [6, 6.07) is 7.83. The lowest BCUT2D eigenvalue weighted by Gasteiger charge is -2.12. The summed E-state index contributed by atoms with van der Waals surface area (Å²) in [7, 11) is 0. The summed E-state index contributed by atoms with van der Waals surface area (Å²) < 4.78 is 5.57. The number of nitrogens with zero attached hydrogens (tertiary/aromatic N) is 1. The van der Waals surface area contributed by atoms with Gasteiger partial charge in [0, 0.05) is 11.6 Å². The zero-order chi connectivity index (χ0) is 12.8. The van der Waals surface area contributed by atoms with Crippen LogP contribution in [0, 0.1) is 0 Å². The summed E-state index contributed by atoms with van der Waals surface area (Å²) in [6.07, 6.45) is 3.32. The second kappa shape index (κ2) is 6.31. The van der Waals surface area contributed by atoms with Gasteiger partial charge in [0.15, 0.2) is 0 Å². The molecule has 0 fully saturated rings. The number of carbonyl (C=O) groups is 1. The average molecular weight is 261 g/mol. The second-order valence-corrected chi connectivity index (χ2v) is 4.78. The highest BCUT2D eigenvalue weighted by Gasteiger charge is 2.16. The van der Waals surface area contributed by atoms with E-state index in [1.54, 1.807) is 6.20 Å². The summed E-state index contributed by atoms with van der Waals surface area (Å²) in [4.78, 5) is 15.4. The van der Waals surface area contributed by atoms with Crippen molar-refractivity contribution in [2.75, 3.05) is 6.61 Å². The van der Waals surface area contributed by atoms with Crippen LogP contribution in [0.3, 0.4) is 0 Å². The zero-order valence-electron chi connectivity index (χ0n) is 10.2. The number of rotatable bonds is 6. The fourth-order valence-electron chi connectivity index (χ4n) is 1.82. The number of carbonyl (C=O) groups excluding carboxylic acids is 1. The molecular weight excluding hydrogens is 246 g/mol. The Morgan fingerprint density at radius 1 is 1.44 bits per heavy atom. The van der Waals surface area contributed by atoms with Crippen LogP contribution in [0.2, 0.25) is 0 Å². The van der Waals surface area contributed by atoms with Crippen molar-refractivity contribution < 1.29 is 9.53 Å². The second-order valence-electron chi connectivity index (χ2n) is 3.86. The maximum Gasteiger partial charge on any atom is 0.130 e. The summed E-state index contributed by atoms with van der Waals surface area (Å²) in [5.41, 5.74) is 1.05. The van der Waals surface area contributed by atoms with E-state index in [1.165, 1.54) is 11.3 Å². The number of thiazole rings is 1. The molecule has 18 heavy (non-hydrogen) atoms. The van der Waals surface area contributed by atoms with Crippen LogP contribution in [-0.4, -0.2) is 17.9 Å². The SMILES string of the molecule is CCOc1ccccc1CC(C=O)c1nccs1. The minimum atomic E-state index is -0.188. The number of aldehydes is 1. The lowest BCUT2D eigenvalue weighted by Crippen LogP contribution is -2.06. The van der Waals surface area contributed by atoms with E-state index in [1.807, 2.05) is 36.6 Å². The van der Waals surface area contributed by atoms with Crippen LogP contribution in [0.25, 0.3) is 0 Å². The van der Waals surface area contributed by atoms with Gasteiger partial charge in [0.2, 0.25) is 0 Å². The molecule has 0 bridgehead atoms. The van der Waals surface area contributed by atoms with Crippen molar-refractivity contribution in [2.45, 2.75) is 19.3 Å². The van der Waals surface area contributed by atoms with Gasteiger partial charge in [-0.05, 0) is 25.0 Å². The first-order valence-corrected chi connectivity index (χ1v) is 6.78. The minimum absolute atomic E-state index is 0.188. The van der Waals surface area contributed by atoms with E-state index in [9.17, 15) is 4.79 Å². The van der Waals surface area contributed by atoms with E-state index in [4.69, 9.17) is 4.74 Å².